The molecule has 0 bridgehead atoms. The monoisotopic (exact) mass is 248 g/mol. The summed E-state index contributed by atoms with van der Waals surface area (Å²) < 4.78 is 29.1. The predicted molar refractivity (Wildman–Crippen MR) is 65.7 cm³/mol. The Kier molecular flexibility index (Phi) is 3.01. The second-order valence-electron chi connectivity index (χ2n) is 6.09. The lowest BCUT2D eigenvalue weighted by atomic mass is 9.63. The van der Waals surface area contributed by atoms with Crippen LogP contribution in [0, 0.1) is 11.3 Å². The Morgan fingerprint density at radius 1 is 1.12 bits per heavy atom. The molecule has 1 saturated heterocycles. The van der Waals surface area contributed by atoms with Gasteiger partial charge in [-0.25, -0.2) is 0 Å². The van der Waals surface area contributed by atoms with E-state index in [2.05, 4.69) is 0 Å². The zero-order chi connectivity index (χ0) is 13.0. The molecule has 96 valence electrons. The largest absolute Gasteiger partial charge is 0.274 e. The molecule has 3 nitrogen and oxygen atoms in total. The summed E-state index contributed by atoms with van der Waals surface area (Å²) in [5.74, 6) is 0.0780. The molecule has 1 heterocycles. The fraction of sp³-hybridized carbons (Fsp3) is 1.00. The Bertz CT molecular complexity index is 381. The van der Waals surface area contributed by atoms with Gasteiger partial charge in [-0.3, -0.25) is 4.18 Å². The van der Waals surface area contributed by atoms with Crippen molar-refractivity contribution in [2.75, 3.05) is 0 Å². The van der Waals surface area contributed by atoms with Gasteiger partial charge in [0.2, 0.25) is 0 Å². The molecule has 0 spiro atoms. The van der Waals surface area contributed by atoms with Crippen molar-refractivity contribution in [2.24, 2.45) is 11.3 Å². The van der Waals surface area contributed by atoms with Crippen molar-refractivity contribution in [3.8, 4) is 0 Å². The third-order valence-electron chi connectivity index (χ3n) is 5.14. The molecule has 0 N–H and O–H groups in total. The van der Waals surface area contributed by atoms with Gasteiger partial charge >= 0.3 is 0 Å². The average Bonchev–Trinajstić information content (AvgIpc) is 2.20. The molecule has 1 aliphatic heterocycles. The lowest BCUT2D eigenvalue weighted by Crippen LogP contribution is -2.53. The molecule has 1 rings (SSSR count). The van der Waals surface area contributed by atoms with Crippen molar-refractivity contribution in [1.82, 2.24) is 0 Å². The maximum atomic E-state index is 12.3. The van der Waals surface area contributed by atoms with Gasteiger partial charge in [0.25, 0.3) is 10.1 Å². The first-order valence-corrected chi connectivity index (χ1v) is 7.30. The molecule has 0 saturated carbocycles. The fourth-order valence-corrected chi connectivity index (χ4v) is 5.09. The van der Waals surface area contributed by atoms with Gasteiger partial charge in [0, 0.05) is 5.41 Å². The Balaban J connectivity index is 3.48. The van der Waals surface area contributed by atoms with E-state index < -0.39 is 25.9 Å². The second kappa shape index (κ2) is 3.45. The van der Waals surface area contributed by atoms with E-state index in [4.69, 9.17) is 4.18 Å². The van der Waals surface area contributed by atoms with Gasteiger partial charge in [-0.2, -0.15) is 8.42 Å². The van der Waals surface area contributed by atoms with Crippen molar-refractivity contribution in [2.45, 2.75) is 65.2 Å². The highest BCUT2D eigenvalue weighted by atomic mass is 32.2. The maximum absolute atomic E-state index is 12.3. The third-order valence-corrected chi connectivity index (χ3v) is 7.72. The van der Waals surface area contributed by atoms with Crippen LogP contribution in [0.25, 0.3) is 0 Å². The van der Waals surface area contributed by atoms with E-state index in [0.717, 1.165) is 6.42 Å². The smallest absolute Gasteiger partial charge is 0.263 e. The van der Waals surface area contributed by atoms with Gasteiger partial charge in [-0.15, -0.1) is 0 Å². The van der Waals surface area contributed by atoms with Crippen LogP contribution >= 0.6 is 0 Å². The van der Waals surface area contributed by atoms with Crippen molar-refractivity contribution in [3.63, 3.8) is 0 Å². The molecule has 1 aliphatic rings. The van der Waals surface area contributed by atoms with Gasteiger partial charge in [0.05, 0.1) is 5.60 Å². The highest BCUT2D eigenvalue weighted by Crippen LogP contribution is 2.58. The molecule has 0 aromatic carbocycles. The number of hydrogen-bond acceptors (Lipinski definition) is 3. The van der Waals surface area contributed by atoms with Gasteiger partial charge < -0.3 is 0 Å². The number of rotatable bonds is 2. The van der Waals surface area contributed by atoms with Gasteiger partial charge in [-0.05, 0) is 26.7 Å². The maximum Gasteiger partial charge on any atom is 0.274 e. The predicted octanol–water partition coefficient (Wildman–Crippen LogP) is 2.96. The average molecular weight is 248 g/mol. The van der Waals surface area contributed by atoms with Gasteiger partial charge in [0.15, 0.2) is 0 Å². The first-order chi connectivity index (χ1) is 6.94. The number of hydrogen-bond donors (Lipinski definition) is 0. The third kappa shape index (κ3) is 1.39. The molecule has 0 radical (unpaired) electrons. The van der Waals surface area contributed by atoms with Crippen LogP contribution in [0.5, 0.6) is 0 Å². The Morgan fingerprint density at radius 2 is 1.56 bits per heavy atom. The van der Waals surface area contributed by atoms with Crippen LogP contribution in [-0.4, -0.2) is 18.8 Å². The van der Waals surface area contributed by atoms with Crippen molar-refractivity contribution < 1.29 is 12.6 Å². The lowest BCUT2D eigenvalue weighted by Gasteiger charge is -2.43. The van der Waals surface area contributed by atoms with E-state index in [1.807, 2.05) is 48.5 Å². The standard InChI is InChI=1S/C12H24O3S/c1-8-9(2)12(7)10(3,4)11(5,6)15-16(12,13)14/h9H,8H2,1-7H3. The molecule has 16 heavy (non-hydrogen) atoms. The second-order valence-corrected chi connectivity index (χ2v) is 8.01. The lowest BCUT2D eigenvalue weighted by molar-refractivity contribution is 0.00683. The summed E-state index contributed by atoms with van der Waals surface area (Å²) in [5.41, 5.74) is -1.06. The highest BCUT2D eigenvalue weighted by molar-refractivity contribution is 7.88. The minimum atomic E-state index is -3.51. The van der Waals surface area contributed by atoms with E-state index in [1.54, 1.807) is 0 Å². The Labute approximate surface area is 99.7 Å². The van der Waals surface area contributed by atoms with E-state index in [-0.39, 0.29) is 5.92 Å². The molecule has 0 aliphatic carbocycles. The Morgan fingerprint density at radius 3 is 1.81 bits per heavy atom. The first kappa shape index (κ1) is 14.0. The van der Waals surface area contributed by atoms with E-state index in [0.29, 0.717) is 0 Å². The molecular weight excluding hydrogens is 224 g/mol. The molecule has 4 heteroatoms. The van der Waals surface area contributed by atoms with Crippen molar-refractivity contribution >= 4 is 10.1 Å². The highest BCUT2D eigenvalue weighted by Gasteiger charge is 2.68. The fourth-order valence-electron chi connectivity index (χ4n) is 2.63. The van der Waals surface area contributed by atoms with Crippen LogP contribution in [0.15, 0.2) is 0 Å². The van der Waals surface area contributed by atoms with Crippen molar-refractivity contribution in [3.05, 3.63) is 0 Å². The van der Waals surface area contributed by atoms with Crippen LogP contribution in [0.2, 0.25) is 0 Å². The summed E-state index contributed by atoms with van der Waals surface area (Å²) in [4.78, 5) is 0. The Hall–Kier alpha value is -0.0900. The summed E-state index contributed by atoms with van der Waals surface area (Å²) in [5, 5.41) is 0. The van der Waals surface area contributed by atoms with Crippen LogP contribution in [0.3, 0.4) is 0 Å². The molecule has 0 aromatic heterocycles. The SMILES string of the molecule is CCC(C)C1(C)C(C)(C)C(C)(C)OS1(=O)=O. The topological polar surface area (TPSA) is 43.4 Å². The molecule has 0 amide bonds. The molecule has 0 aromatic rings. The van der Waals surface area contributed by atoms with Crippen LogP contribution in [0.1, 0.15) is 54.9 Å². The van der Waals surface area contributed by atoms with E-state index in [9.17, 15) is 8.42 Å². The molecule has 1 fully saturated rings. The minimum Gasteiger partial charge on any atom is -0.263 e. The van der Waals surface area contributed by atoms with Gasteiger partial charge in [-0.1, -0.05) is 34.1 Å². The summed E-state index contributed by atoms with van der Waals surface area (Å²) in [6.07, 6.45) is 0.832. The molecule has 2 atom stereocenters. The van der Waals surface area contributed by atoms with Crippen LogP contribution < -0.4 is 0 Å². The summed E-state index contributed by atoms with van der Waals surface area (Å²) in [7, 11) is -3.51. The van der Waals surface area contributed by atoms with E-state index >= 15 is 0 Å². The summed E-state index contributed by atoms with van der Waals surface area (Å²) in [6, 6.07) is 0. The van der Waals surface area contributed by atoms with Crippen molar-refractivity contribution in [1.29, 1.82) is 0 Å². The zero-order valence-corrected chi connectivity index (χ0v) is 12.2. The van der Waals surface area contributed by atoms with Gasteiger partial charge in [0.1, 0.15) is 4.75 Å². The first-order valence-electron chi connectivity index (χ1n) is 5.89. The van der Waals surface area contributed by atoms with Crippen LogP contribution in [0.4, 0.5) is 0 Å². The minimum absolute atomic E-state index is 0.0780. The normalized spacial score (nSPS) is 37.2. The zero-order valence-electron chi connectivity index (χ0n) is 11.4. The summed E-state index contributed by atoms with van der Waals surface area (Å²) in [6.45, 7) is 13.5. The quantitative estimate of drug-likeness (QED) is 0.706. The summed E-state index contributed by atoms with van der Waals surface area (Å²) >= 11 is 0. The van der Waals surface area contributed by atoms with E-state index in [1.165, 1.54) is 0 Å². The molecular formula is C12H24O3S. The van der Waals surface area contributed by atoms with Crippen LogP contribution in [-0.2, 0) is 14.3 Å². The molecule has 2 unspecified atom stereocenters.